The fourth-order valence-corrected chi connectivity index (χ4v) is 3.79. The molecule has 32 heteroatoms. The summed E-state index contributed by atoms with van der Waals surface area (Å²) in [6, 6.07) is 0. The van der Waals surface area contributed by atoms with Gasteiger partial charge in [0.1, 0.15) is 33.0 Å². The van der Waals surface area contributed by atoms with Crippen molar-refractivity contribution in [3.05, 3.63) is 0 Å². The van der Waals surface area contributed by atoms with Crippen molar-refractivity contribution in [1.82, 2.24) is 0 Å². The molecule has 0 radical (unpaired) electrons. The minimum absolute atomic E-state index is 0. The molecular formula is C67H129Na5O27. The third kappa shape index (κ3) is 111. The van der Waals surface area contributed by atoms with Gasteiger partial charge in [-0.15, -0.1) is 0 Å². The van der Waals surface area contributed by atoms with Crippen LogP contribution in [0.5, 0.6) is 0 Å². The van der Waals surface area contributed by atoms with E-state index in [0.29, 0.717) is 58.5 Å². The van der Waals surface area contributed by atoms with Crippen molar-refractivity contribution in [2.24, 2.45) is 59.2 Å². The van der Waals surface area contributed by atoms with Gasteiger partial charge in [-0.05, 0) is 108 Å². The number of rotatable bonds is 37. The van der Waals surface area contributed by atoms with Gasteiger partial charge in [-0.2, -0.15) is 0 Å². The summed E-state index contributed by atoms with van der Waals surface area (Å²) >= 11 is 0. The average Bonchev–Trinajstić information content (AvgIpc) is 2.59. The summed E-state index contributed by atoms with van der Waals surface area (Å²) in [5, 5.41) is 82.8. The number of carbonyl (C=O) groups is 10. The van der Waals surface area contributed by atoms with Crippen LogP contribution in [0.25, 0.3) is 0 Å². The van der Waals surface area contributed by atoms with Gasteiger partial charge in [0.2, 0.25) is 0 Å². The summed E-state index contributed by atoms with van der Waals surface area (Å²) in [4.78, 5) is 104. The fraction of sp³-hybridized carbons (Fsp3) is 0.851. The number of esters is 5. The smallest absolute Gasteiger partial charge is 0.550 e. The first-order valence-corrected chi connectivity index (χ1v) is 32.8. The van der Waals surface area contributed by atoms with E-state index in [1.54, 1.807) is 69.4 Å². The molecule has 27 nitrogen and oxygen atoms in total. The van der Waals surface area contributed by atoms with E-state index in [9.17, 15) is 73.5 Å². The van der Waals surface area contributed by atoms with Crippen LogP contribution < -0.4 is 173 Å². The number of aliphatic hydroxyl groups excluding tert-OH is 4. The molecule has 99 heavy (non-hydrogen) atoms. The molecule has 0 aliphatic rings. The average molecular weight is 1480 g/mol. The van der Waals surface area contributed by atoms with Crippen LogP contribution in [-0.2, 0) is 85.8 Å². The Morgan fingerprint density at radius 3 is 0.566 bits per heavy atom. The monoisotopic (exact) mass is 1480 g/mol. The van der Waals surface area contributed by atoms with E-state index in [1.807, 2.05) is 90.0 Å². The zero-order chi connectivity index (χ0) is 75.9. The normalized spacial score (nSPS) is 12.9. The van der Waals surface area contributed by atoms with Gasteiger partial charge in [-0.3, -0.25) is 24.0 Å². The number of aliphatic hydroxyl groups is 4. The molecule has 0 rings (SSSR count). The number of aliphatic carboxylic acids is 5. The Morgan fingerprint density at radius 2 is 0.444 bits per heavy atom. The Kier molecular flexibility index (Phi) is 135. The van der Waals surface area contributed by atoms with Gasteiger partial charge in [0.25, 0.3) is 0 Å². The predicted molar refractivity (Wildman–Crippen MR) is 345 cm³/mol. The molecule has 564 valence electrons. The topological polar surface area (TPSA) is 441 Å². The van der Waals surface area contributed by atoms with E-state index in [0.717, 1.165) is 32.1 Å². The van der Waals surface area contributed by atoms with Crippen LogP contribution in [0.2, 0.25) is 0 Å². The molecular weight excluding hydrogens is 1350 g/mol. The maximum Gasteiger partial charge on any atom is 1.00 e. The van der Waals surface area contributed by atoms with E-state index in [1.165, 1.54) is 0 Å². The maximum absolute atomic E-state index is 11.2. The molecule has 0 aliphatic heterocycles. The van der Waals surface area contributed by atoms with Crippen molar-refractivity contribution >= 4 is 59.7 Å². The number of carbonyl (C=O) groups excluding carboxylic acids is 10. The van der Waals surface area contributed by atoms with Crippen molar-refractivity contribution in [3.63, 3.8) is 0 Å². The molecule has 0 spiro atoms. The van der Waals surface area contributed by atoms with Gasteiger partial charge in [0.15, 0.2) is 0 Å². The van der Waals surface area contributed by atoms with Gasteiger partial charge >= 0.3 is 178 Å². The third-order valence-electron chi connectivity index (χ3n) is 13.2. The standard InChI is InChI=1S/C11H22O4.C10H20O4.3C7H14O3.5C5H10O2.5Na/c1-5-9(2)11(12)15-7-6-14-8-10(3)13-4;1-4-8(2)10(12)14-6-5-13-7-9(3)11;3*1-3-6(2)7(9)10-5-4-8;5*1-3-4(2)5(6)7;;;;;/h9-10H,5-8H2,1-4H3;8-9,11H,4-7H2,1-3H3;3*6,8H,3-5H2,1-2H3;5*4H,3H2,1-2H3,(H,6,7);;;;;/q;;;;;;;;;;5*+1/p-5. The van der Waals surface area contributed by atoms with Gasteiger partial charge in [0.05, 0.1) is 88.0 Å². The second kappa shape index (κ2) is 99.5. The third-order valence-corrected chi connectivity index (χ3v) is 13.2. The summed E-state index contributed by atoms with van der Waals surface area (Å²) in [5.74, 6) is -7.48. The minimum atomic E-state index is -0.956. The molecule has 4 N–H and O–H groups in total. The van der Waals surface area contributed by atoms with E-state index in [4.69, 9.17) is 44.1 Å². The number of carboxylic acid groups (broad SMARTS) is 5. The van der Waals surface area contributed by atoms with E-state index in [2.05, 4.69) is 14.2 Å². The van der Waals surface area contributed by atoms with E-state index < -0.39 is 36.0 Å². The first-order chi connectivity index (χ1) is 43.7. The summed E-state index contributed by atoms with van der Waals surface area (Å²) < 4.78 is 39.2. The number of methoxy groups -OCH3 is 1. The van der Waals surface area contributed by atoms with Crippen LogP contribution in [0.3, 0.4) is 0 Å². The van der Waals surface area contributed by atoms with Crippen molar-refractivity contribution in [3.8, 4) is 0 Å². The van der Waals surface area contributed by atoms with Crippen LogP contribution in [0.4, 0.5) is 0 Å². The number of hydrogen-bond acceptors (Lipinski definition) is 27. The molecule has 0 heterocycles. The molecule has 0 fully saturated rings. The second-order valence-corrected chi connectivity index (χ2v) is 21.7. The molecule has 0 aliphatic carbocycles. The Morgan fingerprint density at radius 1 is 0.283 bits per heavy atom. The van der Waals surface area contributed by atoms with Gasteiger partial charge < -0.3 is 108 Å². The Balaban J connectivity index is -0.0000000613. The predicted octanol–water partition coefficient (Wildman–Crippen LogP) is -11.8. The number of hydrogen-bond donors (Lipinski definition) is 4. The van der Waals surface area contributed by atoms with Crippen LogP contribution in [-0.4, -0.2) is 179 Å². The molecule has 0 saturated carbocycles. The largest absolute Gasteiger partial charge is 1.00 e. The Hall–Kier alpha value is -0.580. The van der Waals surface area contributed by atoms with Crippen LogP contribution in [0, 0.1) is 59.2 Å². The maximum atomic E-state index is 11.2. The zero-order valence-corrected chi connectivity index (χ0v) is 76.7. The summed E-state index contributed by atoms with van der Waals surface area (Å²) in [6.45, 7) is 41.8. The molecule has 0 aromatic carbocycles. The SMILES string of the molecule is CCC(C)C(=O)OCCO.CCC(C)C(=O)OCCO.CCC(C)C(=O)OCCO.CCC(C)C(=O)OCCOCC(C)O.CCC(C)C(=O)OCCOCC(C)OC.CCC(C)C(=O)[O-].CCC(C)C(=O)[O-].CCC(C)C(=O)[O-].CCC(C)C(=O)[O-].CCC(C)C(=O)[O-].[Na+].[Na+].[Na+].[Na+].[Na+]. The van der Waals surface area contributed by atoms with E-state index in [-0.39, 0.29) is 296 Å². The summed E-state index contributed by atoms with van der Waals surface area (Å²) in [6.07, 6.45) is 6.82. The quantitative estimate of drug-likeness (QED) is 0.0194. The molecule has 0 bridgehead atoms. The van der Waals surface area contributed by atoms with Crippen molar-refractivity contribution in [1.29, 1.82) is 0 Å². The summed E-state index contributed by atoms with van der Waals surface area (Å²) in [5.41, 5.74) is 0. The molecule has 12 unspecified atom stereocenters. The number of carboxylic acids is 5. The Labute approximate surface area is 706 Å². The Bertz CT molecular complexity index is 1650. The van der Waals surface area contributed by atoms with Crippen molar-refractivity contribution in [2.45, 2.75) is 229 Å². The number of ether oxygens (including phenoxy) is 8. The van der Waals surface area contributed by atoms with E-state index >= 15 is 0 Å². The zero-order valence-electron chi connectivity index (χ0n) is 66.7. The molecule has 0 aromatic rings. The first kappa shape index (κ1) is 134. The van der Waals surface area contributed by atoms with Crippen LogP contribution in [0.15, 0.2) is 0 Å². The van der Waals surface area contributed by atoms with Crippen molar-refractivity contribution in [2.75, 3.05) is 86.4 Å². The second-order valence-electron chi connectivity index (χ2n) is 21.7. The summed E-state index contributed by atoms with van der Waals surface area (Å²) in [7, 11) is 1.64. The van der Waals surface area contributed by atoms with Crippen LogP contribution >= 0.6 is 0 Å². The fourth-order valence-electron chi connectivity index (χ4n) is 3.79. The molecule has 12 atom stereocenters. The first-order valence-electron chi connectivity index (χ1n) is 32.8. The van der Waals surface area contributed by atoms with Gasteiger partial charge in [-0.25, -0.2) is 0 Å². The van der Waals surface area contributed by atoms with Crippen LogP contribution in [0.1, 0.15) is 217 Å². The minimum Gasteiger partial charge on any atom is -0.550 e. The molecule has 0 amide bonds. The molecule has 0 saturated heterocycles. The molecule has 0 aromatic heterocycles. The van der Waals surface area contributed by atoms with Gasteiger partial charge in [-0.1, -0.05) is 138 Å². The van der Waals surface area contributed by atoms with Gasteiger partial charge in [0, 0.05) is 37.0 Å². The van der Waals surface area contributed by atoms with Crippen molar-refractivity contribution < 1.29 is 280 Å².